The van der Waals surface area contributed by atoms with Gasteiger partial charge in [-0.1, -0.05) is 17.6 Å². The fourth-order valence-electron chi connectivity index (χ4n) is 2.58. The molecule has 1 atom stereocenters. The van der Waals surface area contributed by atoms with E-state index in [1.54, 1.807) is 68.4 Å². The number of rotatable bonds is 9. The first-order valence-electron chi connectivity index (χ1n) is 10.7. The van der Waals surface area contributed by atoms with Crippen molar-refractivity contribution in [3.8, 4) is 0 Å². The maximum Gasteiger partial charge on any atom is 0.408 e. The quantitative estimate of drug-likeness (QED) is 0.440. The Balaban J connectivity index is 3.26. The second kappa shape index (κ2) is 10.7. The van der Waals surface area contributed by atoms with E-state index in [0.717, 1.165) is 0 Å². The summed E-state index contributed by atoms with van der Waals surface area (Å²) < 4.78 is 31.1. The molecule has 0 aliphatic carbocycles. The van der Waals surface area contributed by atoms with Crippen LogP contribution in [0.25, 0.3) is 0 Å². The van der Waals surface area contributed by atoms with Crippen molar-refractivity contribution in [1.82, 2.24) is 5.32 Å². The smallest absolute Gasteiger partial charge is 0.408 e. The zero-order chi connectivity index (χ0) is 24.9. The van der Waals surface area contributed by atoms with Gasteiger partial charge in [-0.3, -0.25) is 4.79 Å². The molecule has 0 saturated carbocycles. The second-order valence-corrected chi connectivity index (χ2v) is 9.75. The van der Waals surface area contributed by atoms with E-state index in [4.69, 9.17) is 14.1 Å². The second-order valence-electron chi connectivity index (χ2n) is 9.75. The molecule has 0 fully saturated rings. The zero-order valence-corrected chi connectivity index (χ0v) is 20.6. The van der Waals surface area contributed by atoms with E-state index in [2.05, 4.69) is 5.32 Å². The minimum Gasteiger partial charge on any atom is -0.466 e. The van der Waals surface area contributed by atoms with Gasteiger partial charge in [-0.25, -0.2) is 9.18 Å². The highest BCUT2D eigenvalue weighted by atomic mass is 19.1. The molecular formula is C23H36BFNO6. The molecule has 0 aliphatic heterocycles. The first-order valence-corrected chi connectivity index (χ1v) is 10.7. The highest BCUT2D eigenvalue weighted by Crippen LogP contribution is 2.26. The van der Waals surface area contributed by atoms with Gasteiger partial charge >= 0.3 is 19.5 Å². The number of carbonyl (C=O) groups is 2. The number of hydrogen-bond acceptors (Lipinski definition) is 6. The third-order valence-electron chi connectivity index (χ3n) is 5.01. The lowest BCUT2D eigenvalue weighted by Gasteiger charge is -2.37. The molecule has 0 saturated heterocycles. The molecule has 1 amide bonds. The molecule has 0 heterocycles. The molecule has 2 N–H and O–H groups in total. The van der Waals surface area contributed by atoms with Gasteiger partial charge in [0.25, 0.3) is 0 Å². The molecule has 0 aromatic heterocycles. The summed E-state index contributed by atoms with van der Waals surface area (Å²) in [6.07, 6.45) is -1.05. The van der Waals surface area contributed by atoms with E-state index in [0.29, 0.717) is 11.0 Å². The topological polar surface area (TPSA) is 94.1 Å². The molecule has 1 radical (unpaired) electrons. The van der Waals surface area contributed by atoms with Crippen LogP contribution in [0, 0.1) is 12.7 Å². The maximum atomic E-state index is 15.1. The number of benzene rings is 1. The Labute approximate surface area is 191 Å². The Bertz CT molecular complexity index is 814. The Morgan fingerprint density at radius 2 is 1.75 bits per heavy atom. The Hall–Kier alpha value is -2.13. The van der Waals surface area contributed by atoms with Crippen LogP contribution in [0.1, 0.15) is 79.0 Å². The monoisotopic (exact) mass is 452 g/mol. The number of amides is 1. The van der Waals surface area contributed by atoms with E-state index in [9.17, 15) is 14.7 Å². The van der Waals surface area contributed by atoms with Gasteiger partial charge in [0.2, 0.25) is 0 Å². The van der Waals surface area contributed by atoms with Gasteiger partial charge < -0.3 is 24.6 Å². The predicted molar refractivity (Wildman–Crippen MR) is 121 cm³/mol. The molecule has 1 aromatic carbocycles. The van der Waals surface area contributed by atoms with E-state index >= 15 is 4.39 Å². The summed E-state index contributed by atoms with van der Waals surface area (Å²) in [5.74, 6) is -1.14. The zero-order valence-electron chi connectivity index (χ0n) is 20.6. The number of ether oxygens (including phenoxy) is 2. The fraction of sp³-hybridized carbons (Fsp3) is 0.652. The van der Waals surface area contributed by atoms with Crippen molar-refractivity contribution >= 4 is 25.0 Å². The van der Waals surface area contributed by atoms with Gasteiger partial charge in [-0.05, 0) is 67.9 Å². The van der Waals surface area contributed by atoms with E-state index in [-0.39, 0.29) is 18.6 Å². The van der Waals surface area contributed by atoms with Gasteiger partial charge in [0.15, 0.2) is 0 Å². The van der Waals surface area contributed by atoms with Crippen LogP contribution in [0.5, 0.6) is 0 Å². The summed E-state index contributed by atoms with van der Waals surface area (Å²) in [6, 6.07) is 2.05. The molecular weight excluding hydrogens is 416 g/mol. The molecule has 0 spiro atoms. The number of hydrogen-bond donors (Lipinski definition) is 2. The van der Waals surface area contributed by atoms with E-state index in [1.165, 1.54) is 13.5 Å². The molecule has 1 rings (SSSR count). The lowest BCUT2D eigenvalue weighted by Crippen LogP contribution is -2.49. The fourth-order valence-corrected chi connectivity index (χ4v) is 2.58. The Morgan fingerprint density at radius 3 is 2.25 bits per heavy atom. The first-order chi connectivity index (χ1) is 14.5. The number of aryl methyl sites for hydroxylation is 1. The van der Waals surface area contributed by atoms with E-state index < -0.39 is 40.7 Å². The lowest BCUT2D eigenvalue weighted by atomic mass is 9.80. The highest BCUT2D eigenvalue weighted by Gasteiger charge is 2.36. The minimum atomic E-state index is -1.13. The number of aliphatic hydroxyl groups is 1. The Kier molecular flexibility index (Phi) is 9.30. The van der Waals surface area contributed by atoms with Crippen LogP contribution in [-0.2, 0) is 18.9 Å². The number of alkyl carbamates (subject to hydrolysis) is 1. The predicted octanol–water partition coefficient (Wildman–Crippen LogP) is 3.46. The average Bonchev–Trinajstić information content (AvgIpc) is 2.59. The molecule has 1 aromatic rings. The standard InChI is InChI=1S/C23H36BFNO6/c1-10-30-18(27)13-17(26-20(28)31-21(3,4)5)16-12-15(11-14(2)19(16)25)24-32-23(8,9)22(6,7)29/h11-12,17,29H,10,13H2,1-9H3,(H,26,28). The van der Waals surface area contributed by atoms with Crippen LogP contribution >= 0.6 is 0 Å². The van der Waals surface area contributed by atoms with Crippen molar-refractivity contribution in [3.63, 3.8) is 0 Å². The molecule has 179 valence electrons. The molecule has 1 unspecified atom stereocenters. The number of esters is 1. The first kappa shape index (κ1) is 27.9. The SMILES string of the molecule is CCOC(=O)CC(NC(=O)OC(C)(C)C)c1cc([B]OC(C)(C)C(C)(C)O)cc(C)c1F. The van der Waals surface area contributed by atoms with Crippen LogP contribution in [0.2, 0.25) is 0 Å². The number of carbonyl (C=O) groups excluding carboxylic acids is 2. The minimum absolute atomic E-state index is 0.0971. The van der Waals surface area contributed by atoms with Crippen LogP contribution in [0.15, 0.2) is 12.1 Å². The summed E-state index contributed by atoms with van der Waals surface area (Å²) in [4.78, 5) is 24.5. The van der Waals surface area contributed by atoms with Gasteiger partial charge in [0.05, 0.1) is 30.3 Å². The molecule has 32 heavy (non-hydrogen) atoms. The van der Waals surface area contributed by atoms with Crippen LogP contribution < -0.4 is 10.8 Å². The third-order valence-corrected chi connectivity index (χ3v) is 5.01. The van der Waals surface area contributed by atoms with Crippen LogP contribution in [0.4, 0.5) is 9.18 Å². The summed E-state index contributed by atoms with van der Waals surface area (Å²) in [6.45, 7) is 15.2. The summed E-state index contributed by atoms with van der Waals surface area (Å²) in [7, 11) is 1.42. The summed E-state index contributed by atoms with van der Waals surface area (Å²) >= 11 is 0. The van der Waals surface area contributed by atoms with Crippen molar-refractivity contribution in [1.29, 1.82) is 0 Å². The van der Waals surface area contributed by atoms with Crippen LogP contribution in [0.3, 0.4) is 0 Å². The third kappa shape index (κ3) is 8.43. The normalized spacial score (nSPS) is 13.3. The number of halogens is 1. The molecule has 7 nitrogen and oxygen atoms in total. The Morgan fingerprint density at radius 1 is 1.16 bits per heavy atom. The van der Waals surface area contributed by atoms with Crippen molar-refractivity contribution < 1.29 is 33.2 Å². The lowest BCUT2D eigenvalue weighted by molar-refractivity contribution is -0.143. The van der Waals surface area contributed by atoms with Gasteiger partial charge in [-0.2, -0.15) is 0 Å². The van der Waals surface area contributed by atoms with Crippen molar-refractivity contribution in [2.45, 2.75) is 91.6 Å². The van der Waals surface area contributed by atoms with Gasteiger partial charge in [0.1, 0.15) is 11.4 Å². The van der Waals surface area contributed by atoms with Gasteiger partial charge in [-0.15, -0.1) is 0 Å². The maximum absolute atomic E-state index is 15.1. The highest BCUT2D eigenvalue weighted by molar-refractivity contribution is 6.47. The largest absolute Gasteiger partial charge is 0.466 e. The summed E-state index contributed by atoms with van der Waals surface area (Å²) in [5, 5.41) is 12.9. The average molecular weight is 452 g/mol. The number of nitrogens with one attached hydrogen (secondary N) is 1. The van der Waals surface area contributed by atoms with Crippen molar-refractivity contribution in [2.75, 3.05) is 6.61 Å². The van der Waals surface area contributed by atoms with Crippen LogP contribution in [-0.4, -0.2) is 48.1 Å². The summed E-state index contributed by atoms with van der Waals surface area (Å²) in [5.41, 5.74) is -1.91. The van der Waals surface area contributed by atoms with Crippen molar-refractivity contribution in [3.05, 3.63) is 29.1 Å². The van der Waals surface area contributed by atoms with Crippen molar-refractivity contribution in [2.24, 2.45) is 0 Å². The molecule has 0 bridgehead atoms. The molecule has 9 heteroatoms. The van der Waals surface area contributed by atoms with Gasteiger partial charge in [0, 0.05) is 5.56 Å². The molecule has 0 aliphatic rings. The van der Waals surface area contributed by atoms with E-state index in [1.807, 2.05) is 0 Å².